The van der Waals surface area contributed by atoms with Crippen molar-refractivity contribution in [1.82, 2.24) is 0 Å². The number of nitrogens with zero attached hydrogens (tertiary/aromatic N) is 1. The maximum Gasteiger partial charge on any atom is 0.203 e. The van der Waals surface area contributed by atoms with Crippen molar-refractivity contribution < 1.29 is 9.53 Å². The molecule has 0 aliphatic heterocycles. The van der Waals surface area contributed by atoms with Crippen molar-refractivity contribution in [3.05, 3.63) is 63.1 Å². The number of ether oxygens (including phenoxy) is 1. The highest BCUT2D eigenvalue weighted by atomic mass is 79.9. The lowest BCUT2D eigenvalue weighted by Gasteiger charge is -2.15. The molecule has 0 aliphatic rings. The van der Waals surface area contributed by atoms with Gasteiger partial charge in [0.15, 0.2) is 6.10 Å². The van der Waals surface area contributed by atoms with Crippen LogP contribution in [0.5, 0.6) is 5.75 Å². The van der Waals surface area contributed by atoms with Crippen LogP contribution in [0.2, 0.25) is 5.02 Å². The van der Waals surface area contributed by atoms with Gasteiger partial charge in [-0.1, -0.05) is 39.7 Å². The summed E-state index contributed by atoms with van der Waals surface area (Å²) in [7, 11) is 0. The third kappa shape index (κ3) is 3.84. The monoisotopic (exact) mass is 363 g/mol. The Kier molecular flexibility index (Phi) is 5.00. The Balaban J connectivity index is 2.20. The minimum atomic E-state index is -0.711. The van der Waals surface area contributed by atoms with Gasteiger partial charge < -0.3 is 4.74 Å². The first kappa shape index (κ1) is 15.6. The van der Waals surface area contributed by atoms with Gasteiger partial charge in [-0.05, 0) is 37.3 Å². The molecule has 0 aliphatic carbocycles. The summed E-state index contributed by atoms with van der Waals surface area (Å²) in [5.41, 5.74) is 0.848. The number of rotatable bonds is 4. The van der Waals surface area contributed by atoms with Gasteiger partial charge in [-0.25, -0.2) is 0 Å². The molecule has 0 saturated heterocycles. The summed E-state index contributed by atoms with van der Waals surface area (Å²) in [6.45, 7) is 1.65. The molecular formula is C16H11BrClNO2. The SMILES string of the molecule is CC(Oc1ccc(Br)cc1C#N)C(=O)c1cccc(Cl)c1. The third-order valence-corrected chi connectivity index (χ3v) is 3.57. The Bertz CT molecular complexity index is 724. The van der Waals surface area contributed by atoms with Crippen molar-refractivity contribution in [3.8, 4) is 11.8 Å². The van der Waals surface area contributed by atoms with Crippen molar-refractivity contribution >= 4 is 33.3 Å². The van der Waals surface area contributed by atoms with Gasteiger partial charge in [-0.3, -0.25) is 4.79 Å². The second-order valence-electron chi connectivity index (χ2n) is 4.39. The molecule has 0 N–H and O–H groups in total. The van der Waals surface area contributed by atoms with Crippen molar-refractivity contribution in [2.75, 3.05) is 0 Å². The first-order chi connectivity index (χ1) is 10.0. The van der Waals surface area contributed by atoms with Gasteiger partial charge in [0.1, 0.15) is 11.8 Å². The zero-order valence-corrected chi connectivity index (χ0v) is 13.5. The van der Waals surface area contributed by atoms with Gasteiger partial charge in [-0.2, -0.15) is 5.26 Å². The molecule has 5 heteroatoms. The normalized spacial score (nSPS) is 11.5. The molecule has 106 valence electrons. The van der Waals surface area contributed by atoms with E-state index in [1.54, 1.807) is 49.4 Å². The zero-order chi connectivity index (χ0) is 15.4. The topological polar surface area (TPSA) is 50.1 Å². The van der Waals surface area contributed by atoms with Gasteiger partial charge in [0.05, 0.1) is 5.56 Å². The largest absolute Gasteiger partial charge is 0.481 e. The molecule has 2 aromatic carbocycles. The molecule has 0 spiro atoms. The van der Waals surface area contributed by atoms with Gasteiger partial charge in [-0.15, -0.1) is 0 Å². The van der Waals surface area contributed by atoms with Crippen LogP contribution in [0.15, 0.2) is 46.9 Å². The molecule has 0 bridgehead atoms. The average Bonchev–Trinajstić information content (AvgIpc) is 2.48. The summed E-state index contributed by atoms with van der Waals surface area (Å²) >= 11 is 9.17. The number of nitriles is 1. The number of Topliss-reactive ketones (excluding diaryl/α,β-unsaturated/α-hetero) is 1. The van der Waals surface area contributed by atoms with Crippen molar-refractivity contribution in [1.29, 1.82) is 5.26 Å². The molecule has 3 nitrogen and oxygen atoms in total. The van der Waals surface area contributed by atoms with E-state index in [4.69, 9.17) is 21.6 Å². The molecule has 0 fully saturated rings. The van der Waals surface area contributed by atoms with Crippen molar-refractivity contribution in [2.24, 2.45) is 0 Å². The van der Waals surface area contributed by atoms with E-state index in [0.29, 0.717) is 21.9 Å². The summed E-state index contributed by atoms with van der Waals surface area (Å²) in [5, 5.41) is 9.59. The highest BCUT2D eigenvalue weighted by Crippen LogP contribution is 2.24. The molecule has 0 heterocycles. The van der Waals surface area contributed by atoms with Crippen LogP contribution < -0.4 is 4.74 Å². The van der Waals surface area contributed by atoms with Crippen molar-refractivity contribution in [3.63, 3.8) is 0 Å². The minimum absolute atomic E-state index is 0.190. The second-order valence-corrected chi connectivity index (χ2v) is 5.74. The van der Waals surface area contributed by atoms with E-state index in [1.807, 2.05) is 6.07 Å². The zero-order valence-electron chi connectivity index (χ0n) is 11.1. The molecule has 1 unspecified atom stereocenters. The van der Waals surface area contributed by atoms with E-state index in [0.717, 1.165) is 4.47 Å². The van der Waals surface area contributed by atoms with Crippen LogP contribution in [0.4, 0.5) is 0 Å². The van der Waals surface area contributed by atoms with E-state index < -0.39 is 6.10 Å². The van der Waals surface area contributed by atoms with Crippen LogP contribution in [-0.4, -0.2) is 11.9 Å². The van der Waals surface area contributed by atoms with Crippen LogP contribution >= 0.6 is 27.5 Å². The predicted molar refractivity (Wildman–Crippen MR) is 84.7 cm³/mol. The number of hydrogen-bond donors (Lipinski definition) is 0. The molecule has 2 rings (SSSR count). The van der Waals surface area contributed by atoms with Crippen molar-refractivity contribution in [2.45, 2.75) is 13.0 Å². The number of ketones is 1. The molecule has 2 aromatic rings. The van der Waals surface area contributed by atoms with Crippen LogP contribution in [-0.2, 0) is 0 Å². The summed E-state index contributed by atoms with van der Waals surface area (Å²) in [4.78, 5) is 12.3. The lowest BCUT2D eigenvalue weighted by atomic mass is 10.1. The lowest BCUT2D eigenvalue weighted by molar-refractivity contribution is 0.0817. The molecule has 1 atom stereocenters. The molecular weight excluding hydrogens is 354 g/mol. The van der Waals surface area contributed by atoms with Crippen LogP contribution in [0.3, 0.4) is 0 Å². The van der Waals surface area contributed by atoms with Gasteiger partial charge in [0.25, 0.3) is 0 Å². The Morgan fingerprint density at radius 1 is 1.33 bits per heavy atom. The number of carbonyl (C=O) groups excluding carboxylic acids is 1. The van der Waals surface area contributed by atoms with Crippen LogP contribution in [0.25, 0.3) is 0 Å². The fraction of sp³-hybridized carbons (Fsp3) is 0.125. The third-order valence-electron chi connectivity index (χ3n) is 2.84. The van der Waals surface area contributed by atoms with E-state index in [9.17, 15) is 4.79 Å². The summed E-state index contributed by atoms with van der Waals surface area (Å²) in [5.74, 6) is 0.188. The first-order valence-corrected chi connectivity index (χ1v) is 7.34. The van der Waals surface area contributed by atoms with E-state index in [-0.39, 0.29) is 5.78 Å². The summed E-state index contributed by atoms with van der Waals surface area (Å²) < 4.78 is 6.39. The Labute approximate surface area is 136 Å². The fourth-order valence-corrected chi connectivity index (χ4v) is 2.36. The number of hydrogen-bond acceptors (Lipinski definition) is 3. The smallest absolute Gasteiger partial charge is 0.203 e. The van der Waals surface area contributed by atoms with Gasteiger partial charge in [0, 0.05) is 15.1 Å². The number of benzene rings is 2. The minimum Gasteiger partial charge on any atom is -0.481 e. The molecule has 0 radical (unpaired) electrons. The second kappa shape index (κ2) is 6.75. The number of halogens is 2. The molecule has 0 saturated carbocycles. The average molecular weight is 365 g/mol. The Morgan fingerprint density at radius 2 is 2.10 bits per heavy atom. The Hall–Kier alpha value is -1.83. The van der Waals surface area contributed by atoms with E-state index >= 15 is 0 Å². The lowest BCUT2D eigenvalue weighted by Crippen LogP contribution is -2.24. The summed E-state index contributed by atoms with van der Waals surface area (Å²) in [6, 6.07) is 13.8. The van der Waals surface area contributed by atoms with Gasteiger partial charge >= 0.3 is 0 Å². The Morgan fingerprint density at radius 3 is 2.76 bits per heavy atom. The standard InChI is InChI=1S/C16H11BrClNO2/c1-10(16(20)11-3-2-4-14(18)8-11)21-15-6-5-13(17)7-12(15)9-19/h2-8,10H,1H3. The molecule has 0 amide bonds. The van der Waals surface area contributed by atoms with Crippen LogP contribution in [0, 0.1) is 11.3 Å². The fourth-order valence-electron chi connectivity index (χ4n) is 1.81. The first-order valence-electron chi connectivity index (χ1n) is 6.17. The van der Waals surface area contributed by atoms with Gasteiger partial charge in [0.2, 0.25) is 5.78 Å². The molecule has 21 heavy (non-hydrogen) atoms. The molecule has 0 aromatic heterocycles. The maximum absolute atomic E-state index is 12.3. The van der Waals surface area contributed by atoms with E-state index in [1.165, 1.54) is 0 Å². The highest BCUT2D eigenvalue weighted by Gasteiger charge is 2.18. The predicted octanol–water partition coefficient (Wildman–Crippen LogP) is 4.62. The number of carbonyl (C=O) groups is 1. The maximum atomic E-state index is 12.3. The summed E-state index contributed by atoms with van der Waals surface area (Å²) in [6.07, 6.45) is -0.711. The van der Waals surface area contributed by atoms with Crippen LogP contribution in [0.1, 0.15) is 22.8 Å². The quantitative estimate of drug-likeness (QED) is 0.744. The van der Waals surface area contributed by atoms with E-state index in [2.05, 4.69) is 15.9 Å². The highest BCUT2D eigenvalue weighted by molar-refractivity contribution is 9.10.